The molecule has 0 amide bonds. The number of aliphatic hydroxyl groups excluding tert-OH is 1. The molecule has 2 atom stereocenters. The number of aryl methyl sites for hydroxylation is 1. The first-order valence-corrected chi connectivity index (χ1v) is 6.67. The van der Waals surface area contributed by atoms with Crippen LogP contribution in [0.2, 0.25) is 0 Å². The molecule has 2 aromatic rings. The lowest BCUT2D eigenvalue weighted by Crippen LogP contribution is -2.08. The van der Waals surface area contributed by atoms with E-state index in [2.05, 4.69) is 31.0 Å². The van der Waals surface area contributed by atoms with Crippen molar-refractivity contribution in [2.45, 2.75) is 39.7 Å². The minimum Gasteiger partial charge on any atom is -0.388 e. The quantitative estimate of drug-likeness (QED) is 0.880. The van der Waals surface area contributed by atoms with E-state index in [0.29, 0.717) is 5.92 Å². The third-order valence-electron chi connectivity index (χ3n) is 3.48. The molecule has 18 heavy (non-hydrogen) atoms. The Kier molecular flexibility index (Phi) is 3.97. The Morgan fingerprint density at radius 2 is 2.00 bits per heavy atom. The molecule has 0 aliphatic carbocycles. The highest BCUT2D eigenvalue weighted by Crippen LogP contribution is 2.27. The molecule has 0 fully saturated rings. The molecule has 1 aromatic heterocycles. The van der Waals surface area contributed by atoms with E-state index in [1.165, 1.54) is 0 Å². The van der Waals surface area contributed by atoms with Gasteiger partial charge < -0.3 is 5.11 Å². The summed E-state index contributed by atoms with van der Waals surface area (Å²) in [6.45, 7) is 6.24. The van der Waals surface area contributed by atoms with Gasteiger partial charge in [-0.05, 0) is 43.0 Å². The molecule has 0 radical (unpaired) electrons. The third kappa shape index (κ3) is 2.70. The average molecular weight is 243 g/mol. The summed E-state index contributed by atoms with van der Waals surface area (Å²) >= 11 is 0. The standard InChI is InChI=1S/C16H21NO/c1-4-5-11(2)16(18)14-8-9-15-13(10-14)7-6-12(3)17-15/h6-11,16,18H,4-5H2,1-3H3. The van der Waals surface area contributed by atoms with Crippen LogP contribution in [0.5, 0.6) is 0 Å². The van der Waals surface area contributed by atoms with Gasteiger partial charge in [-0.1, -0.05) is 32.4 Å². The maximum Gasteiger partial charge on any atom is 0.0815 e. The monoisotopic (exact) mass is 243 g/mol. The summed E-state index contributed by atoms with van der Waals surface area (Å²) in [4.78, 5) is 4.48. The molecule has 0 aliphatic rings. The number of aromatic nitrogens is 1. The molecule has 2 unspecified atom stereocenters. The first-order chi connectivity index (χ1) is 8.61. The third-order valence-corrected chi connectivity index (χ3v) is 3.48. The molecule has 2 rings (SSSR count). The lowest BCUT2D eigenvalue weighted by atomic mass is 9.93. The number of aliphatic hydroxyl groups is 1. The minimum absolute atomic E-state index is 0.297. The van der Waals surface area contributed by atoms with Crippen LogP contribution in [0.15, 0.2) is 30.3 Å². The first-order valence-electron chi connectivity index (χ1n) is 6.67. The van der Waals surface area contributed by atoms with E-state index >= 15 is 0 Å². The van der Waals surface area contributed by atoms with Gasteiger partial charge in [0.15, 0.2) is 0 Å². The maximum absolute atomic E-state index is 10.3. The smallest absolute Gasteiger partial charge is 0.0815 e. The number of hydrogen-bond donors (Lipinski definition) is 1. The van der Waals surface area contributed by atoms with E-state index < -0.39 is 0 Å². The van der Waals surface area contributed by atoms with Crippen molar-refractivity contribution in [3.63, 3.8) is 0 Å². The van der Waals surface area contributed by atoms with Gasteiger partial charge in [0, 0.05) is 11.1 Å². The predicted octanol–water partition coefficient (Wildman–Crippen LogP) is 4.01. The Morgan fingerprint density at radius 1 is 1.22 bits per heavy atom. The van der Waals surface area contributed by atoms with Gasteiger partial charge in [-0.2, -0.15) is 0 Å². The fraction of sp³-hybridized carbons (Fsp3) is 0.438. The van der Waals surface area contributed by atoms with Crippen molar-refractivity contribution in [1.29, 1.82) is 0 Å². The van der Waals surface area contributed by atoms with Crippen LogP contribution in [-0.4, -0.2) is 10.1 Å². The Bertz CT molecular complexity index is 536. The molecule has 96 valence electrons. The lowest BCUT2D eigenvalue weighted by Gasteiger charge is -2.18. The highest BCUT2D eigenvalue weighted by molar-refractivity contribution is 5.79. The molecule has 0 saturated heterocycles. The van der Waals surface area contributed by atoms with Crippen molar-refractivity contribution >= 4 is 10.9 Å². The molecule has 1 aromatic carbocycles. The molecule has 0 saturated carbocycles. The first kappa shape index (κ1) is 13.0. The molecular formula is C16H21NO. The van der Waals surface area contributed by atoms with Crippen LogP contribution in [0.25, 0.3) is 10.9 Å². The summed E-state index contributed by atoms with van der Waals surface area (Å²) in [7, 11) is 0. The minimum atomic E-state index is -0.379. The SMILES string of the molecule is CCCC(C)C(O)c1ccc2nc(C)ccc2c1. The van der Waals surface area contributed by atoms with Gasteiger partial charge in [0.05, 0.1) is 11.6 Å². The van der Waals surface area contributed by atoms with E-state index in [0.717, 1.165) is 35.0 Å². The lowest BCUT2D eigenvalue weighted by molar-refractivity contribution is 0.112. The van der Waals surface area contributed by atoms with Crippen molar-refractivity contribution < 1.29 is 5.11 Å². The fourth-order valence-corrected chi connectivity index (χ4v) is 2.37. The Hall–Kier alpha value is -1.41. The van der Waals surface area contributed by atoms with Crippen LogP contribution in [0, 0.1) is 12.8 Å². The van der Waals surface area contributed by atoms with Crippen LogP contribution >= 0.6 is 0 Å². The molecular weight excluding hydrogens is 222 g/mol. The Balaban J connectivity index is 2.32. The number of hydrogen-bond acceptors (Lipinski definition) is 2. The van der Waals surface area contributed by atoms with Gasteiger partial charge in [-0.25, -0.2) is 0 Å². The maximum atomic E-state index is 10.3. The average Bonchev–Trinajstić information content (AvgIpc) is 2.37. The molecule has 1 heterocycles. The fourth-order valence-electron chi connectivity index (χ4n) is 2.37. The number of pyridine rings is 1. The van der Waals surface area contributed by atoms with Crippen molar-refractivity contribution in [2.24, 2.45) is 5.92 Å². The van der Waals surface area contributed by atoms with Crippen LogP contribution in [0.4, 0.5) is 0 Å². The summed E-state index contributed by atoms with van der Waals surface area (Å²) in [5.41, 5.74) is 3.01. The number of rotatable bonds is 4. The van der Waals surface area contributed by atoms with E-state index in [-0.39, 0.29) is 6.10 Å². The second kappa shape index (κ2) is 5.49. The summed E-state index contributed by atoms with van der Waals surface area (Å²) < 4.78 is 0. The predicted molar refractivity (Wildman–Crippen MR) is 75.5 cm³/mol. The molecule has 0 bridgehead atoms. The Morgan fingerprint density at radius 3 is 2.72 bits per heavy atom. The van der Waals surface area contributed by atoms with Gasteiger partial charge in [0.25, 0.3) is 0 Å². The van der Waals surface area contributed by atoms with Crippen molar-refractivity contribution in [3.8, 4) is 0 Å². The second-order valence-corrected chi connectivity index (χ2v) is 5.12. The van der Waals surface area contributed by atoms with Crippen molar-refractivity contribution in [3.05, 3.63) is 41.6 Å². The number of benzene rings is 1. The molecule has 2 nitrogen and oxygen atoms in total. The largest absolute Gasteiger partial charge is 0.388 e. The van der Waals surface area contributed by atoms with Crippen molar-refractivity contribution in [1.82, 2.24) is 4.98 Å². The van der Waals surface area contributed by atoms with Crippen LogP contribution in [-0.2, 0) is 0 Å². The zero-order valence-electron chi connectivity index (χ0n) is 11.4. The van der Waals surface area contributed by atoms with Gasteiger partial charge in [0.2, 0.25) is 0 Å². The highest BCUT2D eigenvalue weighted by Gasteiger charge is 2.15. The topological polar surface area (TPSA) is 33.1 Å². The summed E-state index contributed by atoms with van der Waals surface area (Å²) in [5, 5.41) is 11.4. The van der Waals surface area contributed by atoms with E-state index in [9.17, 15) is 5.11 Å². The van der Waals surface area contributed by atoms with E-state index in [1.54, 1.807) is 0 Å². The van der Waals surface area contributed by atoms with Crippen LogP contribution < -0.4 is 0 Å². The number of nitrogens with zero attached hydrogens (tertiary/aromatic N) is 1. The zero-order valence-corrected chi connectivity index (χ0v) is 11.4. The summed E-state index contributed by atoms with van der Waals surface area (Å²) in [5.74, 6) is 0.297. The second-order valence-electron chi connectivity index (χ2n) is 5.12. The summed E-state index contributed by atoms with van der Waals surface area (Å²) in [6.07, 6.45) is 1.77. The molecule has 0 spiro atoms. The summed E-state index contributed by atoms with van der Waals surface area (Å²) in [6, 6.07) is 10.1. The zero-order chi connectivity index (χ0) is 13.1. The van der Waals surface area contributed by atoms with Crippen molar-refractivity contribution in [2.75, 3.05) is 0 Å². The van der Waals surface area contributed by atoms with Gasteiger partial charge in [0.1, 0.15) is 0 Å². The number of fused-ring (bicyclic) bond motifs is 1. The normalized spacial score (nSPS) is 14.7. The molecule has 0 aliphatic heterocycles. The molecule has 2 heteroatoms. The molecule has 1 N–H and O–H groups in total. The van der Waals surface area contributed by atoms with Crippen LogP contribution in [0.3, 0.4) is 0 Å². The van der Waals surface area contributed by atoms with Gasteiger partial charge >= 0.3 is 0 Å². The van der Waals surface area contributed by atoms with E-state index in [1.807, 2.05) is 25.1 Å². The van der Waals surface area contributed by atoms with Crippen LogP contribution in [0.1, 0.15) is 44.1 Å². The Labute approximate surface area is 109 Å². The van der Waals surface area contributed by atoms with Gasteiger partial charge in [-0.15, -0.1) is 0 Å². The van der Waals surface area contributed by atoms with E-state index in [4.69, 9.17) is 0 Å². The highest BCUT2D eigenvalue weighted by atomic mass is 16.3. The van der Waals surface area contributed by atoms with Gasteiger partial charge in [-0.3, -0.25) is 4.98 Å².